The Kier molecular flexibility index (Phi) is 4.71. The van der Waals surface area contributed by atoms with Crippen molar-refractivity contribution in [2.75, 3.05) is 25.5 Å². The second-order valence-corrected chi connectivity index (χ2v) is 7.41. The Morgan fingerprint density at radius 2 is 2.04 bits per heavy atom. The van der Waals surface area contributed by atoms with Crippen LogP contribution in [0.1, 0.15) is 41.6 Å². The average Bonchev–Trinajstić information content (AvgIpc) is 3.24. The van der Waals surface area contributed by atoms with Crippen LogP contribution >= 0.6 is 11.3 Å². The van der Waals surface area contributed by atoms with Crippen LogP contribution in [0.2, 0.25) is 0 Å². The molecular formula is C19H24N2OS. The third kappa shape index (κ3) is 3.42. The molecule has 0 atom stereocenters. The molecule has 23 heavy (non-hydrogen) atoms. The Morgan fingerprint density at radius 1 is 1.26 bits per heavy atom. The fourth-order valence-corrected chi connectivity index (χ4v) is 4.24. The Balaban J connectivity index is 1.72. The number of rotatable bonds is 5. The molecule has 1 aliphatic carbocycles. The Morgan fingerprint density at radius 3 is 2.70 bits per heavy atom. The monoisotopic (exact) mass is 328 g/mol. The minimum absolute atomic E-state index is 0.0233. The summed E-state index contributed by atoms with van der Waals surface area (Å²) < 4.78 is 0. The lowest BCUT2D eigenvalue weighted by Gasteiger charge is -2.28. The number of thiophene rings is 1. The van der Waals surface area contributed by atoms with E-state index in [0.717, 1.165) is 17.8 Å². The number of hydrogen-bond donors (Lipinski definition) is 1. The second-order valence-electron chi connectivity index (χ2n) is 6.63. The molecule has 1 aliphatic rings. The van der Waals surface area contributed by atoms with E-state index in [9.17, 15) is 4.79 Å². The Hall–Kier alpha value is -1.81. The van der Waals surface area contributed by atoms with Crippen molar-refractivity contribution in [3.63, 3.8) is 0 Å². The average molecular weight is 328 g/mol. The molecule has 3 rings (SSSR count). The van der Waals surface area contributed by atoms with Gasteiger partial charge < -0.3 is 10.2 Å². The molecule has 1 heterocycles. The highest BCUT2D eigenvalue weighted by Gasteiger charge is 2.36. The summed E-state index contributed by atoms with van der Waals surface area (Å²) in [5.41, 5.74) is 3.30. The van der Waals surface area contributed by atoms with Crippen LogP contribution in [-0.2, 0) is 5.41 Å². The van der Waals surface area contributed by atoms with Crippen LogP contribution in [0.5, 0.6) is 0 Å². The first-order valence-corrected chi connectivity index (χ1v) is 9.13. The molecule has 1 aromatic heterocycles. The molecule has 4 heteroatoms. The van der Waals surface area contributed by atoms with Gasteiger partial charge in [0.15, 0.2) is 0 Å². The number of anilines is 1. The molecule has 122 valence electrons. The van der Waals surface area contributed by atoms with Crippen molar-refractivity contribution in [1.29, 1.82) is 0 Å². The molecular weight excluding hydrogens is 304 g/mol. The topological polar surface area (TPSA) is 32.3 Å². The van der Waals surface area contributed by atoms with Crippen LogP contribution in [0.3, 0.4) is 0 Å². The lowest BCUT2D eigenvalue weighted by Crippen LogP contribution is -2.38. The van der Waals surface area contributed by atoms with E-state index < -0.39 is 0 Å². The molecule has 1 fully saturated rings. The van der Waals surface area contributed by atoms with Crippen LogP contribution in [0.25, 0.3) is 0 Å². The fourth-order valence-electron chi connectivity index (χ4n) is 3.46. The summed E-state index contributed by atoms with van der Waals surface area (Å²) in [6, 6.07) is 10.00. The molecule has 0 spiro atoms. The molecule has 3 nitrogen and oxygen atoms in total. The van der Waals surface area contributed by atoms with Crippen molar-refractivity contribution in [2.45, 2.75) is 31.1 Å². The van der Waals surface area contributed by atoms with Crippen molar-refractivity contribution < 1.29 is 4.79 Å². The zero-order valence-corrected chi connectivity index (χ0v) is 14.7. The van der Waals surface area contributed by atoms with Crippen molar-refractivity contribution in [3.8, 4) is 0 Å². The molecule has 1 N–H and O–H groups in total. The van der Waals surface area contributed by atoms with Gasteiger partial charge in [0.2, 0.25) is 0 Å². The van der Waals surface area contributed by atoms with Crippen molar-refractivity contribution in [2.24, 2.45) is 0 Å². The lowest BCUT2D eigenvalue weighted by molar-refractivity contribution is 0.0943. The van der Waals surface area contributed by atoms with Gasteiger partial charge >= 0.3 is 0 Å². The van der Waals surface area contributed by atoms with Crippen molar-refractivity contribution in [3.05, 3.63) is 52.2 Å². The molecule has 1 amide bonds. The van der Waals surface area contributed by atoms with E-state index in [4.69, 9.17) is 0 Å². The zero-order chi connectivity index (χ0) is 16.3. The minimum Gasteiger partial charge on any atom is -0.378 e. The number of carbonyl (C=O) groups is 1. The third-order valence-corrected chi connectivity index (χ3v) is 5.59. The fraction of sp³-hybridized carbons (Fsp3) is 0.421. The summed E-state index contributed by atoms with van der Waals surface area (Å²) in [4.78, 5) is 14.6. The van der Waals surface area contributed by atoms with Gasteiger partial charge in [0.25, 0.3) is 5.91 Å². The standard InChI is InChI=1S/C19H24N2OS/c1-21(2)17-7-5-6-15(12-17)18(22)20-14-19(9-3-4-10-19)16-8-11-23-13-16/h5-8,11-13H,3-4,9-10,14H2,1-2H3,(H,20,22). The van der Waals surface area contributed by atoms with Crippen LogP contribution in [0.15, 0.2) is 41.1 Å². The first-order valence-electron chi connectivity index (χ1n) is 8.19. The molecule has 0 aliphatic heterocycles. The van der Waals surface area contributed by atoms with Crippen LogP contribution in [0.4, 0.5) is 5.69 Å². The predicted molar refractivity (Wildman–Crippen MR) is 97.6 cm³/mol. The maximum atomic E-state index is 12.6. The quantitative estimate of drug-likeness (QED) is 0.898. The number of amides is 1. The number of benzene rings is 1. The van der Waals surface area contributed by atoms with Crippen molar-refractivity contribution >= 4 is 22.9 Å². The number of carbonyl (C=O) groups excluding carboxylic acids is 1. The maximum Gasteiger partial charge on any atom is 0.251 e. The smallest absolute Gasteiger partial charge is 0.251 e. The highest BCUT2D eigenvalue weighted by atomic mass is 32.1. The molecule has 2 aromatic rings. The van der Waals surface area contributed by atoms with Gasteiger partial charge in [-0.05, 0) is 53.4 Å². The van der Waals surface area contributed by atoms with Gasteiger partial charge in [0.05, 0.1) is 0 Å². The van der Waals surface area contributed by atoms with Gasteiger partial charge in [0, 0.05) is 37.3 Å². The van der Waals surface area contributed by atoms with E-state index in [1.165, 1.54) is 31.2 Å². The van der Waals surface area contributed by atoms with Gasteiger partial charge in [-0.1, -0.05) is 18.9 Å². The summed E-state index contributed by atoms with van der Waals surface area (Å²) in [6.45, 7) is 0.731. The highest BCUT2D eigenvalue weighted by Crippen LogP contribution is 2.41. The van der Waals surface area contributed by atoms with E-state index in [1.54, 1.807) is 11.3 Å². The summed E-state index contributed by atoms with van der Waals surface area (Å²) >= 11 is 1.74. The van der Waals surface area contributed by atoms with Gasteiger partial charge in [-0.15, -0.1) is 0 Å². The van der Waals surface area contributed by atoms with Gasteiger partial charge in [-0.25, -0.2) is 0 Å². The number of hydrogen-bond acceptors (Lipinski definition) is 3. The molecule has 0 unspecified atom stereocenters. The molecule has 0 bridgehead atoms. The maximum absolute atomic E-state index is 12.6. The van der Waals surface area contributed by atoms with Gasteiger partial charge in [-0.3, -0.25) is 4.79 Å². The molecule has 1 aromatic carbocycles. The van der Waals surface area contributed by atoms with E-state index in [1.807, 2.05) is 43.3 Å². The Bertz CT molecular complexity index is 658. The predicted octanol–water partition coefficient (Wildman–Crippen LogP) is 4.06. The summed E-state index contributed by atoms with van der Waals surface area (Å²) in [7, 11) is 3.97. The van der Waals surface area contributed by atoms with E-state index in [2.05, 4.69) is 22.1 Å². The summed E-state index contributed by atoms with van der Waals surface area (Å²) in [6.07, 6.45) is 4.84. The van der Waals surface area contributed by atoms with Crippen LogP contribution in [0, 0.1) is 0 Å². The summed E-state index contributed by atoms with van der Waals surface area (Å²) in [5, 5.41) is 7.56. The highest BCUT2D eigenvalue weighted by molar-refractivity contribution is 7.08. The number of nitrogens with one attached hydrogen (secondary N) is 1. The molecule has 1 saturated carbocycles. The molecule has 0 saturated heterocycles. The van der Waals surface area contributed by atoms with Crippen LogP contribution < -0.4 is 10.2 Å². The lowest BCUT2D eigenvalue weighted by atomic mass is 9.80. The third-order valence-electron chi connectivity index (χ3n) is 4.91. The van der Waals surface area contributed by atoms with E-state index >= 15 is 0 Å². The summed E-state index contributed by atoms with van der Waals surface area (Å²) in [5.74, 6) is 0.0233. The first-order chi connectivity index (χ1) is 11.1. The normalized spacial score (nSPS) is 16.3. The minimum atomic E-state index is 0.0233. The van der Waals surface area contributed by atoms with E-state index in [-0.39, 0.29) is 11.3 Å². The SMILES string of the molecule is CN(C)c1cccc(C(=O)NCC2(c3ccsc3)CCCC2)c1. The zero-order valence-electron chi connectivity index (χ0n) is 13.8. The first kappa shape index (κ1) is 16.1. The number of nitrogens with zero attached hydrogens (tertiary/aromatic N) is 1. The largest absolute Gasteiger partial charge is 0.378 e. The van der Waals surface area contributed by atoms with Crippen LogP contribution in [-0.4, -0.2) is 26.5 Å². The Labute approximate surface area is 142 Å². The van der Waals surface area contributed by atoms with E-state index in [0.29, 0.717) is 0 Å². The van der Waals surface area contributed by atoms with Gasteiger partial charge in [-0.2, -0.15) is 11.3 Å². The van der Waals surface area contributed by atoms with Gasteiger partial charge in [0.1, 0.15) is 0 Å². The second kappa shape index (κ2) is 6.75. The van der Waals surface area contributed by atoms with Crippen molar-refractivity contribution in [1.82, 2.24) is 5.32 Å². The molecule has 0 radical (unpaired) electrons.